The molecule has 5 atom stereocenters. The second kappa shape index (κ2) is 22.0. The highest BCUT2D eigenvalue weighted by atomic mass is 28.2. The van der Waals surface area contributed by atoms with E-state index in [0.29, 0.717) is 5.92 Å². The van der Waals surface area contributed by atoms with Gasteiger partial charge in [0.2, 0.25) is 9.76 Å². The van der Waals surface area contributed by atoms with Crippen molar-refractivity contribution >= 4 is 19.3 Å². The third-order valence-electron chi connectivity index (χ3n) is 11.2. The minimum Gasteiger partial charge on any atom is -0.549 e. The Labute approximate surface area is 323 Å². The summed E-state index contributed by atoms with van der Waals surface area (Å²) < 4.78 is 59.7. The average molecular weight is 769 g/mol. The number of rotatable bonds is 25. The highest BCUT2D eigenvalue weighted by Gasteiger charge is 2.53. The van der Waals surface area contributed by atoms with Crippen molar-refractivity contribution in [2.24, 2.45) is 17.8 Å². The van der Waals surface area contributed by atoms with Crippen LogP contribution in [0.4, 0.5) is 13.2 Å². The van der Waals surface area contributed by atoms with Gasteiger partial charge in [0.1, 0.15) is 28.6 Å². The van der Waals surface area contributed by atoms with E-state index in [9.17, 15) is 0 Å². The molecular formula is C44H67F3N2O2Si2. The normalized spacial score (nSPS) is 17.6. The first kappa shape index (κ1) is 43.1. The second-order valence-electron chi connectivity index (χ2n) is 16.3. The second-order valence-corrected chi connectivity index (χ2v) is 20.3. The lowest BCUT2D eigenvalue weighted by Gasteiger charge is -2.21. The van der Waals surface area contributed by atoms with Crippen molar-refractivity contribution < 1.29 is 22.3 Å². The standard InChI is InChI=1S/C44H67F3N2O2Si2/c1-7-9-13-19-31(3)20-14-11-12-15-21-34(6)53-43-44(46,47)40-39(50-43)25-24-37(41(40)45)42-48-29-35(30-49-42)36-22-16-17-23-38(36)51-52-27-26-33(5)28-32(4)18-10-8-2/h16-17,22-25,29-34,43H,7-15,18-21,26-28,52-53H2,1-6H3. The van der Waals surface area contributed by atoms with Crippen LogP contribution in [0.5, 0.6) is 11.5 Å². The zero-order chi connectivity index (χ0) is 38.2. The Morgan fingerprint density at radius 1 is 0.755 bits per heavy atom. The maximum absolute atomic E-state index is 15.9. The predicted octanol–water partition coefficient (Wildman–Crippen LogP) is 12.4. The number of fused-ring (bicyclic) bond motifs is 1. The van der Waals surface area contributed by atoms with Gasteiger partial charge in [-0.3, -0.25) is 0 Å². The summed E-state index contributed by atoms with van der Waals surface area (Å²) in [6.07, 6.45) is 21.6. The smallest absolute Gasteiger partial charge is 0.311 e. The first-order valence-electron chi connectivity index (χ1n) is 21.0. The number of ether oxygens (including phenoxy) is 1. The minimum absolute atomic E-state index is 0.0382. The third kappa shape index (κ3) is 13.0. The molecule has 0 spiro atoms. The van der Waals surface area contributed by atoms with E-state index >= 15 is 13.2 Å². The number of nitrogens with zero attached hydrogens (tertiary/aromatic N) is 2. The van der Waals surface area contributed by atoms with E-state index in [1.807, 2.05) is 24.3 Å². The minimum atomic E-state index is -3.38. The molecule has 4 rings (SSSR count). The van der Waals surface area contributed by atoms with Crippen molar-refractivity contribution in [3.05, 3.63) is 60.2 Å². The Bertz CT molecular complexity index is 1510. The molecule has 0 saturated heterocycles. The Morgan fingerprint density at radius 3 is 2.11 bits per heavy atom. The molecule has 3 aromatic rings. The van der Waals surface area contributed by atoms with Crippen LogP contribution in [0, 0.1) is 23.6 Å². The molecule has 0 N–H and O–H groups in total. The average Bonchev–Trinajstić information content (AvgIpc) is 3.40. The van der Waals surface area contributed by atoms with Crippen LogP contribution < -0.4 is 9.16 Å². The molecule has 2 aromatic carbocycles. The summed E-state index contributed by atoms with van der Waals surface area (Å²) in [4.78, 5) is 8.89. The van der Waals surface area contributed by atoms with Crippen LogP contribution in [0.15, 0.2) is 48.8 Å². The summed E-state index contributed by atoms with van der Waals surface area (Å²) in [7, 11) is -2.12. The number of para-hydroxylation sites is 1. The molecule has 53 heavy (non-hydrogen) atoms. The first-order valence-corrected chi connectivity index (χ1v) is 24.2. The molecule has 0 aliphatic carbocycles. The van der Waals surface area contributed by atoms with Crippen molar-refractivity contribution in [3.8, 4) is 34.0 Å². The van der Waals surface area contributed by atoms with Crippen LogP contribution in [0.1, 0.15) is 143 Å². The number of alkyl halides is 2. The topological polar surface area (TPSA) is 44.2 Å². The number of hydrogen-bond donors (Lipinski definition) is 0. The van der Waals surface area contributed by atoms with Crippen molar-refractivity contribution in [2.45, 2.75) is 161 Å². The molecule has 2 heterocycles. The molecule has 0 amide bonds. The van der Waals surface area contributed by atoms with Crippen LogP contribution >= 0.6 is 0 Å². The van der Waals surface area contributed by atoms with Gasteiger partial charge in [-0.2, -0.15) is 8.78 Å². The highest BCUT2D eigenvalue weighted by Crippen LogP contribution is 2.49. The van der Waals surface area contributed by atoms with Crippen molar-refractivity contribution in [1.82, 2.24) is 9.97 Å². The van der Waals surface area contributed by atoms with Gasteiger partial charge in [0, 0.05) is 23.5 Å². The molecule has 0 saturated carbocycles. The number of aromatic nitrogens is 2. The van der Waals surface area contributed by atoms with Crippen molar-refractivity contribution in [2.75, 3.05) is 0 Å². The SMILES string of the molecule is CCCCCC(C)CCCCCCC(C)[SiH2]C1Oc2ccc(-c3ncc(-c4ccccc4O[SiH2]CCC(C)CC(C)CCCC)cn3)c(F)c2C1(F)F. The number of hydrogen-bond acceptors (Lipinski definition) is 4. The van der Waals surface area contributed by atoms with Crippen LogP contribution in [0.3, 0.4) is 0 Å². The van der Waals surface area contributed by atoms with E-state index in [-0.39, 0.29) is 22.7 Å². The molecular weight excluding hydrogens is 702 g/mol. The number of unbranched alkanes of at least 4 members (excludes halogenated alkanes) is 6. The van der Waals surface area contributed by atoms with E-state index in [2.05, 4.69) is 51.5 Å². The lowest BCUT2D eigenvalue weighted by molar-refractivity contribution is -0.0451. The van der Waals surface area contributed by atoms with E-state index in [4.69, 9.17) is 9.16 Å². The molecule has 1 aliphatic heterocycles. The third-order valence-corrected chi connectivity index (χ3v) is 14.7. The number of benzene rings is 2. The largest absolute Gasteiger partial charge is 0.549 e. The summed E-state index contributed by atoms with van der Waals surface area (Å²) in [5.74, 6) is -1.30. The van der Waals surface area contributed by atoms with Gasteiger partial charge < -0.3 is 9.16 Å². The Hall–Kier alpha value is -2.66. The van der Waals surface area contributed by atoms with Crippen LogP contribution in [-0.2, 0) is 5.92 Å². The van der Waals surface area contributed by atoms with Crippen molar-refractivity contribution in [3.63, 3.8) is 0 Å². The van der Waals surface area contributed by atoms with Crippen molar-refractivity contribution in [1.29, 1.82) is 0 Å². The van der Waals surface area contributed by atoms with Gasteiger partial charge in [-0.15, -0.1) is 0 Å². The Kier molecular flexibility index (Phi) is 17.9. The van der Waals surface area contributed by atoms with E-state index in [0.717, 1.165) is 54.0 Å². The fourth-order valence-electron chi connectivity index (χ4n) is 7.96. The van der Waals surface area contributed by atoms with Gasteiger partial charge in [0.05, 0.1) is 15.1 Å². The molecule has 9 heteroatoms. The predicted molar refractivity (Wildman–Crippen MR) is 221 cm³/mol. The van der Waals surface area contributed by atoms with E-state index < -0.39 is 42.3 Å². The molecule has 0 bridgehead atoms. The fourth-order valence-corrected chi connectivity index (χ4v) is 11.5. The molecule has 1 aliphatic rings. The van der Waals surface area contributed by atoms with Gasteiger partial charge in [0.25, 0.3) is 0 Å². The van der Waals surface area contributed by atoms with Gasteiger partial charge in [-0.1, -0.05) is 155 Å². The Morgan fingerprint density at radius 2 is 1.40 bits per heavy atom. The van der Waals surface area contributed by atoms with E-state index in [1.54, 1.807) is 12.4 Å². The molecule has 1 aromatic heterocycles. The summed E-state index contributed by atoms with van der Waals surface area (Å²) in [5.41, 5.74) is -0.131. The molecule has 5 unspecified atom stereocenters. The molecule has 0 radical (unpaired) electrons. The van der Waals surface area contributed by atoms with Crippen LogP contribution in [0.25, 0.3) is 22.5 Å². The van der Waals surface area contributed by atoms with Crippen LogP contribution in [-0.4, -0.2) is 35.0 Å². The van der Waals surface area contributed by atoms with E-state index in [1.165, 1.54) is 89.2 Å². The lowest BCUT2D eigenvalue weighted by Crippen LogP contribution is -2.37. The van der Waals surface area contributed by atoms with Gasteiger partial charge in [0.15, 0.2) is 5.82 Å². The first-order chi connectivity index (χ1) is 25.5. The monoisotopic (exact) mass is 768 g/mol. The quantitative estimate of drug-likeness (QED) is 0.0636. The Balaban J connectivity index is 1.29. The molecule has 294 valence electrons. The summed E-state index contributed by atoms with van der Waals surface area (Å²) in [6, 6.07) is 11.9. The van der Waals surface area contributed by atoms with Crippen LogP contribution in [0.2, 0.25) is 11.6 Å². The maximum Gasteiger partial charge on any atom is 0.311 e. The van der Waals surface area contributed by atoms with Gasteiger partial charge >= 0.3 is 5.92 Å². The summed E-state index contributed by atoms with van der Waals surface area (Å²) in [6.45, 7) is 13.6. The van der Waals surface area contributed by atoms with Gasteiger partial charge in [-0.25, -0.2) is 14.4 Å². The lowest BCUT2D eigenvalue weighted by atomic mass is 9.92. The molecule has 4 nitrogen and oxygen atoms in total. The zero-order valence-corrected chi connectivity index (χ0v) is 36.4. The molecule has 0 fully saturated rings. The maximum atomic E-state index is 15.9. The summed E-state index contributed by atoms with van der Waals surface area (Å²) in [5, 5.41) is 0. The number of halogens is 3. The zero-order valence-electron chi connectivity index (χ0n) is 33.6. The van der Waals surface area contributed by atoms with Gasteiger partial charge in [-0.05, 0) is 48.4 Å². The fraction of sp³-hybridized carbons (Fsp3) is 0.636. The summed E-state index contributed by atoms with van der Waals surface area (Å²) >= 11 is 0. The highest BCUT2D eigenvalue weighted by molar-refractivity contribution is 6.39.